The SMILES string of the molecule is COc1ccc(-n2nc(C(=O)O)c(=O)n(Cc3cccc(F)c3)c2=O)cc1OC. The van der Waals surface area contributed by atoms with E-state index in [0.29, 0.717) is 15.9 Å². The minimum Gasteiger partial charge on any atom is -0.493 e. The maximum absolute atomic E-state index is 13.5. The predicted octanol–water partition coefficient (Wildman–Crippen LogP) is 1.30. The number of halogens is 1. The number of aromatic carboxylic acids is 1. The summed E-state index contributed by atoms with van der Waals surface area (Å²) in [5.41, 5.74) is -2.37. The summed E-state index contributed by atoms with van der Waals surface area (Å²) >= 11 is 0. The molecule has 10 heteroatoms. The van der Waals surface area contributed by atoms with E-state index in [-0.39, 0.29) is 18.0 Å². The van der Waals surface area contributed by atoms with Crippen molar-refractivity contribution < 1.29 is 23.8 Å². The van der Waals surface area contributed by atoms with Crippen LogP contribution in [0.1, 0.15) is 16.1 Å². The van der Waals surface area contributed by atoms with Crippen molar-refractivity contribution in [2.24, 2.45) is 0 Å². The second kappa shape index (κ2) is 7.97. The number of methoxy groups -OCH3 is 2. The fourth-order valence-corrected chi connectivity index (χ4v) is 2.73. The Labute approximate surface area is 163 Å². The van der Waals surface area contributed by atoms with Crippen molar-refractivity contribution >= 4 is 5.97 Å². The lowest BCUT2D eigenvalue weighted by atomic mass is 10.2. The number of carbonyl (C=O) groups is 1. The van der Waals surface area contributed by atoms with Crippen LogP contribution >= 0.6 is 0 Å². The number of carboxylic acids is 1. The zero-order valence-corrected chi connectivity index (χ0v) is 15.5. The van der Waals surface area contributed by atoms with Crippen LogP contribution in [0.25, 0.3) is 5.69 Å². The number of ether oxygens (including phenoxy) is 2. The Morgan fingerprint density at radius 2 is 1.83 bits per heavy atom. The first-order valence-corrected chi connectivity index (χ1v) is 8.30. The van der Waals surface area contributed by atoms with Gasteiger partial charge in [-0.3, -0.25) is 9.36 Å². The fraction of sp³-hybridized carbons (Fsp3) is 0.158. The maximum atomic E-state index is 13.5. The number of carboxylic acid groups (broad SMARTS) is 1. The molecular weight excluding hydrogens is 385 g/mol. The van der Waals surface area contributed by atoms with Crippen molar-refractivity contribution in [3.8, 4) is 17.2 Å². The van der Waals surface area contributed by atoms with Crippen LogP contribution in [0.4, 0.5) is 4.39 Å². The van der Waals surface area contributed by atoms with Gasteiger partial charge in [-0.25, -0.2) is 14.0 Å². The third-order valence-electron chi connectivity index (χ3n) is 4.10. The highest BCUT2D eigenvalue weighted by molar-refractivity contribution is 5.84. The highest BCUT2D eigenvalue weighted by atomic mass is 19.1. The van der Waals surface area contributed by atoms with Gasteiger partial charge in [-0.2, -0.15) is 9.78 Å². The van der Waals surface area contributed by atoms with E-state index in [1.165, 1.54) is 50.6 Å². The number of rotatable bonds is 6. The van der Waals surface area contributed by atoms with Crippen molar-refractivity contribution in [3.05, 3.63) is 80.4 Å². The van der Waals surface area contributed by atoms with Gasteiger partial charge in [0.05, 0.1) is 26.5 Å². The minimum absolute atomic E-state index is 0.156. The molecule has 0 aliphatic carbocycles. The molecule has 150 valence electrons. The molecule has 0 atom stereocenters. The molecule has 0 saturated carbocycles. The van der Waals surface area contributed by atoms with E-state index >= 15 is 0 Å². The Balaban J connectivity index is 2.23. The number of aromatic nitrogens is 3. The van der Waals surface area contributed by atoms with E-state index in [1.54, 1.807) is 0 Å². The molecule has 0 bridgehead atoms. The van der Waals surface area contributed by atoms with Crippen molar-refractivity contribution in [2.45, 2.75) is 6.54 Å². The molecule has 0 aliphatic rings. The minimum atomic E-state index is -1.60. The number of benzene rings is 2. The van der Waals surface area contributed by atoms with Gasteiger partial charge in [0.2, 0.25) is 5.69 Å². The molecule has 3 rings (SSSR count). The summed E-state index contributed by atoms with van der Waals surface area (Å²) in [6.45, 7) is -0.328. The summed E-state index contributed by atoms with van der Waals surface area (Å²) in [6.07, 6.45) is 0. The predicted molar refractivity (Wildman–Crippen MR) is 99.7 cm³/mol. The van der Waals surface area contributed by atoms with Gasteiger partial charge in [0.15, 0.2) is 11.5 Å². The molecule has 0 amide bonds. The summed E-state index contributed by atoms with van der Waals surface area (Å²) in [4.78, 5) is 36.9. The molecule has 0 unspecified atom stereocenters. The smallest absolute Gasteiger partial charge is 0.362 e. The molecule has 0 saturated heterocycles. The van der Waals surface area contributed by atoms with E-state index < -0.39 is 28.7 Å². The maximum Gasteiger partial charge on any atom is 0.362 e. The molecule has 1 aromatic heterocycles. The van der Waals surface area contributed by atoms with Crippen LogP contribution in [0.3, 0.4) is 0 Å². The van der Waals surface area contributed by atoms with Gasteiger partial charge < -0.3 is 14.6 Å². The van der Waals surface area contributed by atoms with Crippen LogP contribution in [0, 0.1) is 5.82 Å². The van der Waals surface area contributed by atoms with Gasteiger partial charge in [0, 0.05) is 6.07 Å². The van der Waals surface area contributed by atoms with Crippen molar-refractivity contribution in [1.82, 2.24) is 14.3 Å². The lowest BCUT2D eigenvalue weighted by molar-refractivity contribution is 0.0684. The monoisotopic (exact) mass is 401 g/mol. The highest BCUT2D eigenvalue weighted by Crippen LogP contribution is 2.28. The topological polar surface area (TPSA) is 113 Å². The van der Waals surface area contributed by atoms with E-state index in [2.05, 4.69) is 5.10 Å². The molecule has 2 aromatic carbocycles. The second-order valence-electron chi connectivity index (χ2n) is 5.91. The van der Waals surface area contributed by atoms with Crippen LogP contribution in [0.2, 0.25) is 0 Å². The second-order valence-corrected chi connectivity index (χ2v) is 5.91. The largest absolute Gasteiger partial charge is 0.493 e. The van der Waals surface area contributed by atoms with Crippen molar-refractivity contribution in [3.63, 3.8) is 0 Å². The van der Waals surface area contributed by atoms with Crippen LogP contribution in [0.5, 0.6) is 11.5 Å². The molecule has 0 aliphatic heterocycles. The van der Waals surface area contributed by atoms with Gasteiger partial charge >= 0.3 is 11.7 Å². The third kappa shape index (κ3) is 3.86. The van der Waals surface area contributed by atoms with Gasteiger partial charge in [0.25, 0.3) is 5.56 Å². The lowest BCUT2D eigenvalue weighted by Gasteiger charge is -2.13. The number of nitrogens with zero attached hydrogens (tertiary/aromatic N) is 3. The van der Waals surface area contributed by atoms with Gasteiger partial charge in [-0.15, -0.1) is 0 Å². The van der Waals surface area contributed by atoms with Crippen LogP contribution < -0.4 is 20.7 Å². The Kier molecular flexibility index (Phi) is 5.44. The Morgan fingerprint density at radius 3 is 2.45 bits per heavy atom. The Hall–Kier alpha value is -3.95. The van der Waals surface area contributed by atoms with Crippen LogP contribution in [0.15, 0.2) is 52.1 Å². The zero-order chi connectivity index (χ0) is 21.1. The summed E-state index contributed by atoms with van der Waals surface area (Å²) in [7, 11) is 2.83. The third-order valence-corrected chi connectivity index (χ3v) is 4.10. The first-order valence-electron chi connectivity index (χ1n) is 8.30. The zero-order valence-electron chi connectivity index (χ0n) is 15.5. The molecule has 0 fully saturated rings. The average Bonchev–Trinajstić information content (AvgIpc) is 2.70. The summed E-state index contributed by atoms with van der Waals surface area (Å²) in [6, 6.07) is 9.66. The van der Waals surface area contributed by atoms with Crippen molar-refractivity contribution in [2.75, 3.05) is 14.2 Å². The van der Waals surface area contributed by atoms with Gasteiger partial charge in [0.1, 0.15) is 5.82 Å². The molecule has 1 heterocycles. The molecule has 0 spiro atoms. The normalized spacial score (nSPS) is 10.6. The van der Waals surface area contributed by atoms with E-state index in [0.717, 1.165) is 10.7 Å². The molecule has 9 nitrogen and oxygen atoms in total. The summed E-state index contributed by atoms with van der Waals surface area (Å²) in [5, 5.41) is 13.0. The van der Waals surface area contributed by atoms with Crippen molar-refractivity contribution in [1.29, 1.82) is 0 Å². The van der Waals surface area contributed by atoms with E-state index in [1.807, 2.05) is 0 Å². The quantitative estimate of drug-likeness (QED) is 0.662. The van der Waals surface area contributed by atoms with E-state index in [9.17, 15) is 23.9 Å². The molecular formula is C19H16FN3O6. The van der Waals surface area contributed by atoms with Crippen LogP contribution in [-0.4, -0.2) is 39.6 Å². The first-order chi connectivity index (χ1) is 13.8. The molecule has 1 N–H and O–H groups in total. The fourth-order valence-electron chi connectivity index (χ4n) is 2.73. The van der Waals surface area contributed by atoms with Gasteiger partial charge in [-0.05, 0) is 29.8 Å². The molecule has 29 heavy (non-hydrogen) atoms. The molecule has 0 radical (unpaired) electrons. The summed E-state index contributed by atoms with van der Waals surface area (Å²) in [5.74, 6) is -1.49. The van der Waals surface area contributed by atoms with E-state index in [4.69, 9.17) is 9.47 Å². The Morgan fingerprint density at radius 1 is 1.10 bits per heavy atom. The summed E-state index contributed by atoms with van der Waals surface area (Å²) < 4.78 is 25.2. The molecule has 3 aromatic rings. The highest BCUT2D eigenvalue weighted by Gasteiger charge is 2.20. The lowest BCUT2D eigenvalue weighted by Crippen LogP contribution is -2.44. The average molecular weight is 401 g/mol. The number of hydrogen-bond acceptors (Lipinski definition) is 6. The first kappa shape index (κ1) is 19.8. The Bertz CT molecular complexity index is 1200. The van der Waals surface area contributed by atoms with Gasteiger partial charge in [-0.1, -0.05) is 12.1 Å². The standard InChI is InChI=1S/C19H16FN3O6/c1-28-14-7-6-13(9-15(14)29-2)23-19(27)22(17(24)16(21-23)18(25)26)10-11-4-3-5-12(20)8-11/h3-9H,10H2,1-2H3,(H,25,26). The number of hydrogen-bond donors (Lipinski definition) is 1. The van der Waals surface area contributed by atoms with Crippen LogP contribution in [-0.2, 0) is 6.54 Å².